The highest BCUT2D eigenvalue weighted by atomic mass is 32.1. The first-order valence-corrected chi connectivity index (χ1v) is 7.71. The van der Waals surface area contributed by atoms with E-state index in [0.717, 1.165) is 19.4 Å². The largest absolute Gasteiger partial charge is 0.309 e. The predicted molar refractivity (Wildman–Crippen MR) is 82.8 cm³/mol. The minimum Gasteiger partial charge on any atom is -0.309 e. The average molecular weight is 274 g/mol. The van der Waals surface area contributed by atoms with Gasteiger partial charge in [0.1, 0.15) is 0 Å². The molecule has 2 heterocycles. The van der Waals surface area contributed by atoms with Gasteiger partial charge in [0.2, 0.25) is 0 Å². The number of nitrogens with zero attached hydrogens (tertiary/aromatic N) is 1. The third-order valence-electron chi connectivity index (χ3n) is 3.33. The lowest BCUT2D eigenvalue weighted by molar-refractivity contribution is 0.536. The molecule has 0 aliphatic rings. The van der Waals surface area contributed by atoms with Gasteiger partial charge in [0, 0.05) is 28.2 Å². The van der Waals surface area contributed by atoms with E-state index in [0.29, 0.717) is 6.04 Å². The summed E-state index contributed by atoms with van der Waals surface area (Å²) in [7, 11) is 0. The fraction of sp³-hybridized carbons (Fsp3) is 0.438. The maximum Gasteiger partial charge on any atom is 0.0456 e. The fourth-order valence-corrected chi connectivity index (χ4v) is 3.24. The molecule has 0 amide bonds. The summed E-state index contributed by atoms with van der Waals surface area (Å²) in [5.74, 6) is 0. The first-order valence-electron chi connectivity index (χ1n) is 6.90. The Morgan fingerprint density at radius 1 is 1.37 bits per heavy atom. The molecular weight excluding hydrogens is 252 g/mol. The van der Waals surface area contributed by atoms with E-state index < -0.39 is 0 Å². The van der Waals surface area contributed by atoms with Crippen LogP contribution in [0.5, 0.6) is 0 Å². The van der Waals surface area contributed by atoms with E-state index in [1.54, 1.807) is 0 Å². The first kappa shape index (κ1) is 14.2. The summed E-state index contributed by atoms with van der Waals surface area (Å²) in [6.07, 6.45) is 5.96. The molecular formula is C16H22N2S. The average Bonchev–Trinajstić information content (AvgIpc) is 2.76. The maximum atomic E-state index is 4.21. The number of thiophene rings is 1. The van der Waals surface area contributed by atoms with E-state index in [2.05, 4.69) is 43.2 Å². The van der Waals surface area contributed by atoms with E-state index in [1.807, 2.05) is 29.8 Å². The van der Waals surface area contributed by atoms with Crippen LogP contribution in [-0.4, -0.2) is 11.5 Å². The van der Waals surface area contributed by atoms with Gasteiger partial charge in [0.05, 0.1) is 0 Å². The molecule has 0 aromatic carbocycles. The van der Waals surface area contributed by atoms with Gasteiger partial charge in [0.25, 0.3) is 0 Å². The van der Waals surface area contributed by atoms with Crippen molar-refractivity contribution in [2.45, 2.75) is 39.7 Å². The topological polar surface area (TPSA) is 24.9 Å². The zero-order valence-corrected chi connectivity index (χ0v) is 12.8. The van der Waals surface area contributed by atoms with Gasteiger partial charge in [-0.1, -0.05) is 13.0 Å². The molecule has 19 heavy (non-hydrogen) atoms. The molecule has 0 saturated heterocycles. The number of aromatic nitrogens is 1. The van der Waals surface area contributed by atoms with Gasteiger partial charge in [-0.15, -0.1) is 11.3 Å². The molecule has 1 atom stereocenters. The van der Waals surface area contributed by atoms with Crippen LogP contribution in [0.4, 0.5) is 0 Å². The highest BCUT2D eigenvalue weighted by molar-refractivity contribution is 7.12. The van der Waals surface area contributed by atoms with E-state index in [1.165, 1.54) is 20.9 Å². The van der Waals surface area contributed by atoms with E-state index in [-0.39, 0.29) is 0 Å². The van der Waals surface area contributed by atoms with Gasteiger partial charge in [0.15, 0.2) is 0 Å². The van der Waals surface area contributed by atoms with Gasteiger partial charge in [-0.25, -0.2) is 0 Å². The van der Waals surface area contributed by atoms with Crippen molar-refractivity contribution in [2.24, 2.45) is 0 Å². The summed E-state index contributed by atoms with van der Waals surface area (Å²) in [5.41, 5.74) is 2.69. The van der Waals surface area contributed by atoms with Crippen molar-refractivity contribution in [1.29, 1.82) is 0 Å². The van der Waals surface area contributed by atoms with Crippen molar-refractivity contribution in [1.82, 2.24) is 10.3 Å². The Bertz CT molecular complexity index is 485. The third kappa shape index (κ3) is 3.88. The predicted octanol–water partition coefficient (Wildman–Crippen LogP) is 4.04. The van der Waals surface area contributed by atoms with Gasteiger partial charge < -0.3 is 5.32 Å². The summed E-state index contributed by atoms with van der Waals surface area (Å²) < 4.78 is 0. The summed E-state index contributed by atoms with van der Waals surface area (Å²) in [6, 6.07) is 6.89. The lowest BCUT2D eigenvalue weighted by atomic mass is 10.1. The van der Waals surface area contributed by atoms with Crippen molar-refractivity contribution < 1.29 is 0 Å². The second kappa shape index (κ2) is 6.83. The Kier molecular flexibility index (Phi) is 5.11. The number of nitrogens with one attached hydrogen (secondary N) is 1. The third-order valence-corrected chi connectivity index (χ3v) is 4.60. The van der Waals surface area contributed by atoms with E-state index in [4.69, 9.17) is 0 Å². The molecule has 3 heteroatoms. The molecule has 0 bridgehead atoms. The molecule has 0 saturated carbocycles. The summed E-state index contributed by atoms with van der Waals surface area (Å²) in [5, 5.41) is 3.66. The van der Waals surface area contributed by atoms with Crippen molar-refractivity contribution in [3.8, 4) is 0 Å². The zero-order chi connectivity index (χ0) is 13.7. The van der Waals surface area contributed by atoms with Crippen LogP contribution in [0, 0.1) is 13.8 Å². The minimum atomic E-state index is 0.404. The van der Waals surface area contributed by atoms with Crippen molar-refractivity contribution >= 4 is 11.3 Å². The summed E-state index contributed by atoms with van der Waals surface area (Å²) in [6.45, 7) is 7.65. The van der Waals surface area contributed by atoms with E-state index in [9.17, 15) is 0 Å². The van der Waals surface area contributed by atoms with Crippen LogP contribution in [0.3, 0.4) is 0 Å². The van der Waals surface area contributed by atoms with Crippen LogP contribution in [0.25, 0.3) is 0 Å². The van der Waals surface area contributed by atoms with Crippen LogP contribution in [-0.2, 0) is 6.42 Å². The second-order valence-electron chi connectivity index (χ2n) is 4.96. The van der Waals surface area contributed by atoms with Gasteiger partial charge in [-0.05, 0) is 56.5 Å². The highest BCUT2D eigenvalue weighted by Crippen LogP contribution is 2.28. The molecule has 2 aromatic rings. The summed E-state index contributed by atoms with van der Waals surface area (Å²) >= 11 is 1.91. The number of rotatable bonds is 6. The monoisotopic (exact) mass is 274 g/mol. The van der Waals surface area contributed by atoms with Crippen LogP contribution in [0.1, 0.15) is 40.3 Å². The fourth-order valence-electron chi connectivity index (χ4n) is 2.12. The van der Waals surface area contributed by atoms with Crippen LogP contribution in [0.15, 0.2) is 30.6 Å². The molecule has 0 aliphatic heterocycles. The molecule has 2 rings (SSSR count). The highest BCUT2D eigenvalue weighted by Gasteiger charge is 2.14. The number of pyridine rings is 1. The first-order chi connectivity index (χ1) is 9.20. The SMILES string of the molecule is CCCNC(Cc1cccnc1)c1cc(C)c(C)s1. The molecule has 2 nitrogen and oxygen atoms in total. The van der Waals surface area contributed by atoms with Gasteiger partial charge in [-0.3, -0.25) is 4.98 Å². The molecule has 1 unspecified atom stereocenters. The van der Waals surface area contributed by atoms with Crippen molar-refractivity contribution in [3.05, 3.63) is 51.5 Å². The molecule has 0 radical (unpaired) electrons. The van der Waals surface area contributed by atoms with Crippen LogP contribution >= 0.6 is 11.3 Å². The summed E-state index contributed by atoms with van der Waals surface area (Å²) in [4.78, 5) is 7.07. The molecule has 0 aliphatic carbocycles. The van der Waals surface area contributed by atoms with Crippen LogP contribution < -0.4 is 5.32 Å². The second-order valence-corrected chi connectivity index (χ2v) is 6.25. The van der Waals surface area contributed by atoms with Gasteiger partial charge >= 0.3 is 0 Å². The molecule has 1 N–H and O–H groups in total. The molecule has 0 spiro atoms. The quantitative estimate of drug-likeness (QED) is 0.860. The maximum absolute atomic E-state index is 4.21. The smallest absolute Gasteiger partial charge is 0.0456 e. The van der Waals surface area contributed by atoms with E-state index >= 15 is 0 Å². The van der Waals surface area contributed by atoms with Crippen molar-refractivity contribution in [2.75, 3.05) is 6.54 Å². The van der Waals surface area contributed by atoms with Crippen LogP contribution in [0.2, 0.25) is 0 Å². The Hall–Kier alpha value is -1.19. The number of hydrogen-bond acceptors (Lipinski definition) is 3. The molecule has 2 aromatic heterocycles. The number of aryl methyl sites for hydroxylation is 2. The normalized spacial score (nSPS) is 12.6. The Balaban J connectivity index is 2.15. The number of hydrogen-bond donors (Lipinski definition) is 1. The minimum absolute atomic E-state index is 0.404. The Labute approximate surface area is 119 Å². The Morgan fingerprint density at radius 2 is 2.21 bits per heavy atom. The Morgan fingerprint density at radius 3 is 2.79 bits per heavy atom. The van der Waals surface area contributed by atoms with Crippen molar-refractivity contribution in [3.63, 3.8) is 0 Å². The van der Waals surface area contributed by atoms with Gasteiger partial charge in [-0.2, -0.15) is 0 Å². The standard InChI is InChI=1S/C16H22N2S/c1-4-7-18-15(10-14-6-5-8-17-11-14)16-9-12(2)13(3)19-16/h5-6,8-9,11,15,18H,4,7,10H2,1-3H3. The zero-order valence-electron chi connectivity index (χ0n) is 11.9. The molecule has 102 valence electrons. The lowest BCUT2D eigenvalue weighted by Gasteiger charge is -2.17. The molecule has 0 fully saturated rings. The lowest BCUT2D eigenvalue weighted by Crippen LogP contribution is -2.23.